The molecular weight excluding hydrogens is 422 g/mol. The molecule has 2 amide bonds. The number of ether oxygens (including phenoxy) is 2. The van der Waals surface area contributed by atoms with E-state index in [2.05, 4.69) is 15.8 Å². The monoisotopic (exact) mass is 445 g/mol. The van der Waals surface area contributed by atoms with Crippen LogP contribution in [0.1, 0.15) is 31.8 Å². The molecule has 0 aromatic heterocycles. The number of esters is 1. The minimum atomic E-state index is -0.475. The van der Waals surface area contributed by atoms with Crippen LogP contribution in [0, 0.1) is 6.92 Å². The number of hydrazone groups is 1. The summed E-state index contributed by atoms with van der Waals surface area (Å²) in [5.74, 6) is -0.270. The second-order valence-corrected chi connectivity index (χ2v) is 7.03. The summed E-state index contributed by atoms with van der Waals surface area (Å²) in [7, 11) is 1.54. The van der Waals surface area contributed by atoms with E-state index in [1.165, 1.54) is 13.3 Å². The summed E-state index contributed by atoms with van der Waals surface area (Å²) in [5.41, 5.74) is 4.89. The van der Waals surface area contributed by atoms with Gasteiger partial charge in [0.15, 0.2) is 0 Å². The largest absolute Gasteiger partial charge is 0.497 e. The highest BCUT2D eigenvalue weighted by atomic mass is 16.5. The van der Waals surface area contributed by atoms with Crippen LogP contribution in [0.4, 0.5) is 0 Å². The molecule has 0 aliphatic heterocycles. The van der Waals surface area contributed by atoms with Gasteiger partial charge >= 0.3 is 5.97 Å². The smallest absolute Gasteiger partial charge is 0.343 e. The van der Waals surface area contributed by atoms with E-state index in [0.29, 0.717) is 28.2 Å². The molecule has 0 unspecified atom stereocenters. The van der Waals surface area contributed by atoms with E-state index < -0.39 is 11.9 Å². The Bertz CT molecular complexity index is 1160. The molecule has 2 N–H and O–H groups in total. The van der Waals surface area contributed by atoms with Crippen LogP contribution in [0.25, 0.3) is 0 Å². The third-order valence-electron chi connectivity index (χ3n) is 4.51. The van der Waals surface area contributed by atoms with Crippen molar-refractivity contribution in [3.8, 4) is 11.5 Å². The third kappa shape index (κ3) is 7.03. The fourth-order valence-electron chi connectivity index (χ4n) is 2.78. The summed E-state index contributed by atoms with van der Waals surface area (Å²) in [6.45, 7) is 1.68. The topological polar surface area (TPSA) is 106 Å². The summed E-state index contributed by atoms with van der Waals surface area (Å²) in [4.78, 5) is 36.1. The van der Waals surface area contributed by atoms with Crippen molar-refractivity contribution in [2.24, 2.45) is 5.10 Å². The van der Waals surface area contributed by atoms with Crippen LogP contribution in [-0.4, -0.2) is 37.7 Å². The van der Waals surface area contributed by atoms with Crippen LogP contribution in [0.5, 0.6) is 11.5 Å². The maximum Gasteiger partial charge on any atom is 0.343 e. The Kier molecular flexibility index (Phi) is 7.91. The van der Waals surface area contributed by atoms with E-state index in [1.54, 1.807) is 66.7 Å². The lowest BCUT2D eigenvalue weighted by molar-refractivity contribution is -0.120. The molecule has 0 saturated carbocycles. The van der Waals surface area contributed by atoms with Gasteiger partial charge in [0.2, 0.25) is 0 Å². The van der Waals surface area contributed by atoms with Crippen LogP contribution < -0.4 is 20.2 Å². The molecule has 0 bridgehead atoms. The van der Waals surface area contributed by atoms with Crippen molar-refractivity contribution < 1.29 is 23.9 Å². The van der Waals surface area contributed by atoms with Gasteiger partial charge in [0.25, 0.3) is 11.8 Å². The minimum Gasteiger partial charge on any atom is -0.497 e. The first-order valence-electron chi connectivity index (χ1n) is 10.1. The molecule has 0 radical (unpaired) electrons. The first kappa shape index (κ1) is 23.2. The lowest BCUT2D eigenvalue weighted by atomic mass is 10.1. The predicted molar refractivity (Wildman–Crippen MR) is 124 cm³/mol. The molecule has 0 aliphatic rings. The summed E-state index contributed by atoms with van der Waals surface area (Å²) in [6, 6.07) is 20.3. The van der Waals surface area contributed by atoms with E-state index in [4.69, 9.17) is 9.47 Å². The maximum atomic E-state index is 12.2. The molecule has 0 atom stereocenters. The summed E-state index contributed by atoms with van der Waals surface area (Å²) >= 11 is 0. The number of benzene rings is 3. The highest BCUT2D eigenvalue weighted by molar-refractivity contribution is 5.96. The summed E-state index contributed by atoms with van der Waals surface area (Å²) in [5, 5.41) is 6.38. The Morgan fingerprint density at radius 1 is 0.909 bits per heavy atom. The zero-order valence-electron chi connectivity index (χ0n) is 18.2. The van der Waals surface area contributed by atoms with Gasteiger partial charge in [0, 0.05) is 5.56 Å². The van der Waals surface area contributed by atoms with E-state index in [1.807, 2.05) is 13.0 Å². The number of methoxy groups -OCH3 is 1. The number of amides is 2. The number of carbonyl (C=O) groups excluding carboxylic acids is 3. The van der Waals surface area contributed by atoms with Gasteiger partial charge in [0.1, 0.15) is 11.5 Å². The van der Waals surface area contributed by atoms with E-state index in [0.717, 1.165) is 5.56 Å². The van der Waals surface area contributed by atoms with Gasteiger partial charge in [0.05, 0.1) is 25.4 Å². The number of rotatable bonds is 8. The minimum absolute atomic E-state index is 0.226. The molecule has 8 heteroatoms. The molecule has 0 aliphatic carbocycles. The number of hydrogen-bond donors (Lipinski definition) is 2. The quantitative estimate of drug-likeness (QED) is 0.240. The van der Waals surface area contributed by atoms with E-state index in [9.17, 15) is 14.4 Å². The predicted octanol–water partition coefficient (Wildman–Crippen LogP) is 3.10. The molecule has 0 fully saturated rings. The van der Waals surface area contributed by atoms with Crippen LogP contribution in [0.3, 0.4) is 0 Å². The fourth-order valence-corrected chi connectivity index (χ4v) is 2.78. The first-order chi connectivity index (χ1) is 15.9. The van der Waals surface area contributed by atoms with Gasteiger partial charge in [-0.15, -0.1) is 0 Å². The first-order valence-corrected chi connectivity index (χ1v) is 10.1. The molecule has 168 valence electrons. The van der Waals surface area contributed by atoms with E-state index in [-0.39, 0.29) is 12.5 Å². The second-order valence-electron chi connectivity index (χ2n) is 7.03. The average Bonchev–Trinajstić information content (AvgIpc) is 2.83. The SMILES string of the molecule is COc1ccc(C(=O)NCC(=O)N/N=C\c2ccc(OC(=O)c3cccc(C)c3)cc2)cc1. The Morgan fingerprint density at radius 3 is 2.27 bits per heavy atom. The number of hydrogen-bond acceptors (Lipinski definition) is 6. The number of aryl methyl sites for hydroxylation is 1. The fraction of sp³-hybridized carbons (Fsp3) is 0.120. The van der Waals surface area contributed by atoms with E-state index >= 15 is 0 Å². The maximum absolute atomic E-state index is 12.2. The zero-order chi connectivity index (χ0) is 23.6. The third-order valence-corrected chi connectivity index (χ3v) is 4.51. The molecule has 3 aromatic rings. The normalized spacial score (nSPS) is 10.5. The Balaban J connectivity index is 1.44. The Hall–Kier alpha value is -4.46. The van der Waals surface area contributed by atoms with Gasteiger partial charge in [-0.05, 0) is 73.2 Å². The van der Waals surface area contributed by atoms with Crippen molar-refractivity contribution in [3.63, 3.8) is 0 Å². The van der Waals surface area contributed by atoms with Crippen molar-refractivity contribution in [2.75, 3.05) is 13.7 Å². The molecule has 33 heavy (non-hydrogen) atoms. The number of nitrogens with zero attached hydrogens (tertiary/aromatic N) is 1. The van der Waals surface area contributed by atoms with Gasteiger partial charge in [-0.3, -0.25) is 9.59 Å². The highest BCUT2D eigenvalue weighted by Gasteiger charge is 2.09. The summed E-state index contributed by atoms with van der Waals surface area (Å²) < 4.78 is 10.4. The zero-order valence-corrected chi connectivity index (χ0v) is 18.2. The van der Waals surface area contributed by atoms with Gasteiger partial charge in [-0.2, -0.15) is 5.10 Å². The number of nitrogens with one attached hydrogen (secondary N) is 2. The average molecular weight is 445 g/mol. The molecular formula is C25H23N3O5. The molecule has 3 rings (SSSR count). The van der Waals surface area contributed by atoms with Crippen LogP contribution in [0.15, 0.2) is 77.9 Å². The van der Waals surface area contributed by atoms with Crippen LogP contribution in [-0.2, 0) is 4.79 Å². The number of carbonyl (C=O) groups is 3. The molecule has 0 heterocycles. The molecule has 0 saturated heterocycles. The Labute approximate surface area is 191 Å². The van der Waals surface area contributed by atoms with Crippen LogP contribution >= 0.6 is 0 Å². The lowest BCUT2D eigenvalue weighted by Gasteiger charge is -2.06. The molecule has 8 nitrogen and oxygen atoms in total. The molecule has 3 aromatic carbocycles. The van der Waals surface area contributed by atoms with Gasteiger partial charge in [-0.25, -0.2) is 10.2 Å². The lowest BCUT2D eigenvalue weighted by Crippen LogP contribution is -2.34. The Morgan fingerprint density at radius 2 is 1.61 bits per heavy atom. The van der Waals surface area contributed by atoms with Crippen molar-refractivity contribution in [1.29, 1.82) is 0 Å². The molecule has 0 spiro atoms. The standard InChI is InChI=1S/C25H23N3O5/c1-17-4-3-5-20(14-17)25(31)33-22-10-6-18(7-11-22)15-27-28-23(29)16-26-24(30)19-8-12-21(32-2)13-9-19/h3-15H,16H2,1-2H3,(H,26,30)(H,28,29)/b27-15-. The van der Waals surface area contributed by atoms with Gasteiger partial charge < -0.3 is 14.8 Å². The highest BCUT2D eigenvalue weighted by Crippen LogP contribution is 2.14. The van der Waals surface area contributed by atoms with Crippen LogP contribution in [0.2, 0.25) is 0 Å². The van der Waals surface area contributed by atoms with Crippen molar-refractivity contribution in [1.82, 2.24) is 10.7 Å². The second kappa shape index (κ2) is 11.2. The summed E-state index contributed by atoms with van der Waals surface area (Å²) in [6.07, 6.45) is 1.44. The van der Waals surface area contributed by atoms with Gasteiger partial charge in [-0.1, -0.05) is 17.7 Å². The van der Waals surface area contributed by atoms with Crippen molar-refractivity contribution >= 4 is 24.0 Å². The van der Waals surface area contributed by atoms with Crippen molar-refractivity contribution in [3.05, 3.63) is 95.1 Å². The van der Waals surface area contributed by atoms with Crippen molar-refractivity contribution in [2.45, 2.75) is 6.92 Å².